The fraction of sp³-hybridized carbons (Fsp3) is 0.571. The van der Waals surface area contributed by atoms with Gasteiger partial charge in [-0.1, -0.05) is 0 Å². The monoisotopic (exact) mass is 231 g/mol. The zero-order valence-electron chi connectivity index (χ0n) is 11.0. The molecule has 0 aliphatic carbocycles. The first kappa shape index (κ1) is 12.1. The molecule has 1 aliphatic heterocycles. The topological polar surface area (TPSA) is 29.0 Å². The van der Waals surface area contributed by atoms with Crippen LogP contribution in [0.5, 0.6) is 0 Å². The molecule has 1 aromatic rings. The van der Waals surface area contributed by atoms with E-state index in [1.54, 1.807) is 0 Å². The highest BCUT2D eigenvalue weighted by Gasteiger charge is 2.10. The average molecular weight is 231 g/mol. The summed E-state index contributed by atoms with van der Waals surface area (Å²) in [6.45, 7) is 8.51. The van der Waals surface area contributed by atoms with Gasteiger partial charge >= 0.3 is 0 Å². The third-order valence-electron chi connectivity index (χ3n) is 3.20. The fourth-order valence-electron chi connectivity index (χ4n) is 2.37. The van der Waals surface area contributed by atoms with Gasteiger partial charge in [0.2, 0.25) is 0 Å². The highest BCUT2D eigenvalue weighted by Crippen LogP contribution is 2.16. The smallest absolute Gasteiger partial charge is 0.126 e. The van der Waals surface area contributed by atoms with Crippen molar-refractivity contribution >= 4 is 6.08 Å². The maximum absolute atomic E-state index is 4.45. The maximum Gasteiger partial charge on any atom is 0.126 e. The number of aryl methyl sites for hydroxylation is 2. The first-order chi connectivity index (χ1) is 8.15. The lowest BCUT2D eigenvalue weighted by molar-refractivity contribution is 0.288. The molecule has 0 aromatic carbocycles. The third kappa shape index (κ3) is 3.29. The molecule has 92 valence electrons. The second-order valence-electron chi connectivity index (χ2n) is 4.81. The van der Waals surface area contributed by atoms with E-state index in [9.17, 15) is 0 Å². The molecule has 0 radical (unpaired) electrons. The summed E-state index contributed by atoms with van der Waals surface area (Å²) in [6, 6.07) is 2.04. The molecule has 1 aromatic heterocycles. The Morgan fingerprint density at radius 3 is 2.53 bits per heavy atom. The zero-order chi connectivity index (χ0) is 12.3. The molecule has 0 bridgehead atoms. The molecule has 0 saturated carbocycles. The van der Waals surface area contributed by atoms with Crippen LogP contribution in [-0.4, -0.2) is 28.0 Å². The standard InChI is InChI=1S/C14H21N3/c1-11-9-14(16-13(3)15-11)10-12(2)17-7-5-4-6-8-17/h9-10H,4-8H2,1-3H3. The van der Waals surface area contributed by atoms with Gasteiger partial charge in [-0.25, -0.2) is 9.97 Å². The predicted molar refractivity (Wildman–Crippen MR) is 70.6 cm³/mol. The Hall–Kier alpha value is -1.38. The Kier molecular flexibility index (Phi) is 3.77. The molecular weight excluding hydrogens is 210 g/mol. The van der Waals surface area contributed by atoms with Crippen molar-refractivity contribution in [1.29, 1.82) is 0 Å². The summed E-state index contributed by atoms with van der Waals surface area (Å²) in [6.07, 6.45) is 6.17. The number of piperidine rings is 1. The molecule has 3 heteroatoms. The lowest BCUT2D eigenvalue weighted by Gasteiger charge is -2.29. The molecule has 0 N–H and O–H groups in total. The molecule has 0 unspecified atom stereocenters. The van der Waals surface area contributed by atoms with E-state index in [1.165, 1.54) is 38.0 Å². The highest BCUT2D eigenvalue weighted by molar-refractivity contribution is 5.48. The van der Waals surface area contributed by atoms with Crippen LogP contribution in [0.25, 0.3) is 6.08 Å². The van der Waals surface area contributed by atoms with Crippen molar-refractivity contribution in [2.24, 2.45) is 0 Å². The molecule has 2 rings (SSSR count). The first-order valence-corrected chi connectivity index (χ1v) is 6.41. The summed E-state index contributed by atoms with van der Waals surface area (Å²) < 4.78 is 0. The normalized spacial score (nSPS) is 17.4. The third-order valence-corrected chi connectivity index (χ3v) is 3.20. The fourth-order valence-corrected chi connectivity index (χ4v) is 2.37. The summed E-state index contributed by atoms with van der Waals surface area (Å²) in [5, 5.41) is 0. The molecule has 2 heterocycles. The predicted octanol–water partition coefficient (Wildman–Crippen LogP) is 2.94. The largest absolute Gasteiger partial charge is 0.375 e. The minimum absolute atomic E-state index is 0.850. The quantitative estimate of drug-likeness (QED) is 0.783. The van der Waals surface area contributed by atoms with Gasteiger partial charge in [0.1, 0.15) is 5.82 Å². The molecule has 17 heavy (non-hydrogen) atoms. The Morgan fingerprint density at radius 2 is 1.88 bits per heavy atom. The van der Waals surface area contributed by atoms with Gasteiger partial charge in [-0.05, 0) is 52.2 Å². The Balaban J connectivity index is 2.16. The lowest BCUT2D eigenvalue weighted by atomic mass is 10.1. The highest BCUT2D eigenvalue weighted by atomic mass is 15.1. The molecule has 3 nitrogen and oxygen atoms in total. The number of allylic oxidation sites excluding steroid dienone is 1. The number of likely N-dealkylation sites (tertiary alicyclic amines) is 1. The minimum atomic E-state index is 0.850. The van der Waals surface area contributed by atoms with Gasteiger partial charge in [-0.2, -0.15) is 0 Å². The molecular formula is C14H21N3. The van der Waals surface area contributed by atoms with Crippen molar-refractivity contribution in [3.8, 4) is 0 Å². The van der Waals surface area contributed by atoms with Gasteiger partial charge in [0.15, 0.2) is 0 Å². The van der Waals surface area contributed by atoms with Crippen LogP contribution in [0.2, 0.25) is 0 Å². The van der Waals surface area contributed by atoms with Gasteiger partial charge in [-0.3, -0.25) is 0 Å². The van der Waals surface area contributed by atoms with Crippen LogP contribution in [0.3, 0.4) is 0 Å². The molecule has 1 fully saturated rings. The van der Waals surface area contributed by atoms with Crippen molar-refractivity contribution < 1.29 is 0 Å². The molecule has 0 amide bonds. The van der Waals surface area contributed by atoms with E-state index in [-0.39, 0.29) is 0 Å². The van der Waals surface area contributed by atoms with Crippen LogP contribution in [0.1, 0.15) is 43.4 Å². The summed E-state index contributed by atoms with van der Waals surface area (Å²) in [5.41, 5.74) is 3.38. The lowest BCUT2D eigenvalue weighted by Crippen LogP contribution is -2.27. The van der Waals surface area contributed by atoms with Gasteiger partial charge in [0.25, 0.3) is 0 Å². The van der Waals surface area contributed by atoms with Crippen molar-refractivity contribution in [1.82, 2.24) is 14.9 Å². The van der Waals surface area contributed by atoms with E-state index >= 15 is 0 Å². The van der Waals surface area contributed by atoms with Gasteiger partial charge in [-0.15, -0.1) is 0 Å². The van der Waals surface area contributed by atoms with Crippen LogP contribution in [-0.2, 0) is 0 Å². The SMILES string of the molecule is CC(=Cc1cc(C)nc(C)n1)N1CCCCC1. The number of rotatable bonds is 2. The average Bonchev–Trinajstić information content (AvgIpc) is 2.28. The van der Waals surface area contributed by atoms with E-state index in [2.05, 4.69) is 27.9 Å². The summed E-state index contributed by atoms with van der Waals surface area (Å²) in [4.78, 5) is 11.2. The second-order valence-corrected chi connectivity index (χ2v) is 4.81. The van der Waals surface area contributed by atoms with Crippen LogP contribution in [0.4, 0.5) is 0 Å². The second kappa shape index (κ2) is 5.30. The van der Waals surface area contributed by atoms with Crippen molar-refractivity contribution in [3.05, 3.63) is 29.0 Å². The van der Waals surface area contributed by atoms with Crippen molar-refractivity contribution in [3.63, 3.8) is 0 Å². The Labute approximate surface area is 104 Å². The van der Waals surface area contributed by atoms with E-state index < -0.39 is 0 Å². The molecule has 1 saturated heterocycles. The first-order valence-electron chi connectivity index (χ1n) is 6.41. The van der Waals surface area contributed by atoms with E-state index in [0.717, 1.165) is 17.2 Å². The van der Waals surface area contributed by atoms with Crippen molar-refractivity contribution in [2.75, 3.05) is 13.1 Å². The van der Waals surface area contributed by atoms with Crippen LogP contribution in [0.15, 0.2) is 11.8 Å². The Bertz CT molecular complexity index is 397. The van der Waals surface area contributed by atoms with Gasteiger partial charge < -0.3 is 4.90 Å². The summed E-state index contributed by atoms with van der Waals surface area (Å²) in [7, 11) is 0. The van der Waals surface area contributed by atoms with E-state index in [1.807, 2.05) is 19.9 Å². The number of hydrogen-bond donors (Lipinski definition) is 0. The molecule has 1 aliphatic rings. The number of hydrogen-bond acceptors (Lipinski definition) is 3. The summed E-state index contributed by atoms with van der Waals surface area (Å²) in [5.74, 6) is 0.850. The van der Waals surface area contributed by atoms with Gasteiger partial charge in [0, 0.05) is 24.5 Å². The summed E-state index contributed by atoms with van der Waals surface area (Å²) >= 11 is 0. The van der Waals surface area contributed by atoms with Gasteiger partial charge in [0.05, 0.1) is 5.69 Å². The van der Waals surface area contributed by atoms with Crippen molar-refractivity contribution in [2.45, 2.75) is 40.0 Å². The number of nitrogens with zero attached hydrogens (tertiary/aromatic N) is 3. The molecule has 0 atom stereocenters. The maximum atomic E-state index is 4.45. The Morgan fingerprint density at radius 1 is 1.18 bits per heavy atom. The van der Waals surface area contributed by atoms with Crippen LogP contribution in [0, 0.1) is 13.8 Å². The van der Waals surface area contributed by atoms with Crippen LogP contribution >= 0.6 is 0 Å². The van der Waals surface area contributed by atoms with E-state index in [4.69, 9.17) is 0 Å². The zero-order valence-corrected chi connectivity index (χ0v) is 11.0. The minimum Gasteiger partial charge on any atom is -0.375 e. The number of aromatic nitrogens is 2. The van der Waals surface area contributed by atoms with E-state index in [0.29, 0.717) is 0 Å². The van der Waals surface area contributed by atoms with Crippen LogP contribution < -0.4 is 0 Å². The molecule has 0 spiro atoms.